The molecule has 0 aliphatic heterocycles. The molecule has 1 aromatic rings. The van der Waals surface area contributed by atoms with Gasteiger partial charge in [0.2, 0.25) is 0 Å². The van der Waals surface area contributed by atoms with Crippen molar-refractivity contribution in [3.63, 3.8) is 0 Å². The third-order valence-electron chi connectivity index (χ3n) is 2.02. The van der Waals surface area contributed by atoms with Crippen molar-refractivity contribution in [1.29, 1.82) is 0 Å². The molecule has 2 N–H and O–H groups in total. The Kier molecular flexibility index (Phi) is 4.47. The van der Waals surface area contributed by atoms with Crippen LogP contribution < -0.4 is 5.73 Å². The molecule has 84 valence electrons. The molecule has 1 aromatic carbocycles. The maximum absolute atomic E-state index is 11.8. The molecule has 0 saturated heterocycles. The van der Waals surface area contributed by atoms with E-state index in [-0.39, 0.29) is 10.6 Å². The lowest BCUT2D eigenvalue weighted by Crippen LogP contribution is -2.09. The average Bonchev–Trinajstić information content (AvgIpc) is 2.18. The zero-order valence-electron chi connectivity index (χ0n) is 8.64. The third-order valence-corrected chi connectivity index (χ3v) is 4.58. The molecule has 0 amide bonds. The van der Waals surface area contributed by atoms with E-state index >= 15 is 0 Å². The summed E-state index contributed by atoms with van der Waals surface area (Å²) in [5, 5.41) is 0. The largest absolute Gasteiger partial charge is 0.398 e. The quantitative estimate of drug-likeness (QED) is 0.634. The molecule has 0 heterocycles. The molecule has 0 bridgehead atoms. The first-order chi connectivity index (χ1) is 7.08. The SMILES string of the molecule is CSCCCS(=O)(=O)c1ccccc1N. The van der Waals surface area contributed by atoms with Crippen molar-refractivity contribution in [1.82, 2.24) is 0 Å². The Morgan fingerprint density at radius 2 is 2.00 bits per heavy atom. The van der Waals surface area contributed by atoms with Crippen LogP contribution in [0, 0.1) is 0 Å². The topological polar surface area (TPSA) is 60.2 Å². The highest BCUT2D eigenvalue weighted by atomic mass is 32.2. The van der Waals surface area contributed by atoms with Gasteiger partial charge in [-0.15, -0.1) is 0 Å². The molecule has 1 rings (SSSR count). The van der Waals surface area contributed by atoms with E-state index in [9.17, 15) is 8.42 Å². The van der Waals surface area contributed by atoms with Crippen molar-refractivity contribution >= 4 is 27.3 Å². The lowest BCUT2D eigenvalue weighted by atomic mass is 10.3. The predicted molar refractivity (Wildman–Crippen MR) is 65.9 cm³/mol. The summed E-state index contributed by atoms with van der Waals surface area (Å²) in [6.45, 7) is 0. The number of nitrogens with two attached hydrogens (primary N) is 1. The fourth-order valence-corrected chi connectivity index (χ4v) is 3.34. The second kappa shape index (κ2) is 5.42. The summed E-state index contributed by atoms with van der Waals surface area (Å²) >= 11 is 1.65. The van der Waals surface area contributed by atoms with Crippen LogP contribution >= 0.6 is 11.8 Å². The molecule has 0 aliphatic carbocycles. The second-order valence-electron chi connectivity index (χ2n) is 3.20. The first-order valence-electron chi connectivity index (χ1n) is 4.64. The number of benzene rings is 1. The number of rotatable bonds is 5. The lowest BCUT2D eigenvalue weighted by molar-refractivity contribution is 0.595. The van der Waals surface area contributed by atoms with Gasteiger partial charge in [-0.25, -0.2) is 8.42 Å². The maximum Gasteiger partial charge on any atom is 0.180 e. The molecule has 15 heavy (non-hydrogen) atoms. The Morgan fingerprint density at radius 3 is 2.60 bits per heavy atom. The van der Waals surface area contributed by atoms with E-state index in [1.807, 2.05) is 6.26 Å². The van der Waals surface area contributed by atoms with Gasteiger partial charge in [0.15, 0.2) is 9.84 Å². The van der Waals surface area contributed by atoms with Crippen molar-refractivity contribution < 1.29 is 8.42 Å². The van der Waals surface area contributed by atoms with Crippen molar-refractivity contribution in [3.8, 4) is 0 Å². The number of hydrogen-bond donors (Lipinski definition) is 1. The highest BCUT2D eigenvalue weighted by Gasteiger charge is 2.16. The molecule has 0 saturated carbocycles. The van der Waals surface area contributed by atoms with E-state index in [0.29, 0.717) is 12.1 Å². The van der Waals surface area contributed by atoms with Crippen LogP contribution in [0.3, 0.4) is 0 Å². The Labute approximate surface area is 95.0 Å². The van der Waals surface area contributed by atoms with E-state index in [2.05, 4.69) is 0 Å². The molecule has 0 aliphatic rings. The molecular weight excluding hydrogens is 230 g/mol. The molecular formula is C10H15NO2S2. The van der Waals surface area contributed by atoms with Crippen LogP contribution in [0.2, 0.25) is 0 Å². The number of nitrogen functional groups attached to an aromatic ring is 1. The highest BCUT2D eigenvalue weighted by Crippen LogP contribution is 2.19. The standard InChI is InChI=1S/C10H15NO2S2/c1-14-7-4-8-15(12,13)10-6-3-2-5-9(10)11/h2-3,5-6H,4,7-8,11H2,1H3. The van der Waals surface area contributed by atoms with Gasteiger partial charge < -0.3 is 5.73 Å². The number of hydrogen-bond acceptors (Lipinski definition) is 4. The van der Waals surface area contributed by atoms with Gasteiger partial charge in [0.25, 0.3) is 0 Å². The summed E-state index contributed by atoms with van der Waals surface area (Å²) < 4.78 is 23.7. The van der Waals surface area contributed by atoms with Crippen LogP contribution in [0.4, 0.5) is 5.69 Å². The summed E-state index contributed by atoms with van der Waals surface area (Å²) in [5.74, 6) is 1.02. The Morgan fingerprint density at radius 1 is 1.33 bits per heavy atom. The van der Waals surface area contributed by atoms with E-state index in [1.165, 1.54) is 0 Å². The molecule has 0 atom stereocenters. The van der Waals surface area contributed by atoms with Crippen molar-refractivity contribution in [2.24, 2.45) is 0 Å². The summed E-state index contributed by atoms with van der Waals surface area (Å²) in [6, 6.07) is 6.60. The van der Waals surface area contributed by atoms with Gasteiger partial charge in [-0.1, -0.05) is 12.1 Å². The van der Waals surface area contributed by atoms with E-state index < -0.39 is 9.84 Å². The van der Waals surface area contributed by atoms with E-state index in [0.717, 1.165) is 5.75 Å². The van der Waals surface area contributed by atoms with Gasteiger partial charge >= 0.3 is 0 Å². The van der Waals surface area contributed by atoms with E-state index in [4.69, 9.17) is 5.73 Å². The first-order valence-corrected chi connectivity index (χ1v) is 7.69. The molecule has 0 aromatic heterocycles. The molecule has 0 unspecified atom stereocenters. The van der Waals surface area contributed by atoms with Gasteiger partial charge in [-0.05, 0) is 30.6 Å². The van der Waals surface area contributed by atoms with Gasteiger partial charge in [0.05, 0.1) is 16.3 Å². The minimum absolute atomic E-state index is 0.169. The van der Waals surface area contributed by atoms with Gasteiger partial charge in [0.1, 0.15) is 0 Å². The Bertz CT molecular complexity index is 415. The Balaban J connectivity index is 2.83. The minimum atomic E-state index is -3.20. The van der Waals surface area contributed by atoms with Crippen LogP contribution in [0.25, 0.3) is 0 Å². The number of thioether (sulfide) groups is 1. The summed E-state index contributed by atoms with van der Waals surface area (Å²) in [7, 11) is -3.20. The van der Waals surface area contributed by atoms with Crippen molar-refractivity contribution in [2.75, 3.05) is 23.5 Å². The first kappa shape index (κ1) is 12.4. The third kappa shape index (κ3) is 3.43. The number of para-hydroxylation sites is 1. The average molecular weight is 245 g/mol. The zero-order chi connectivity index (χ0) is 11.3. The van der Waals surface area contributed by atoms with Crippen molar-refractivity contribution in [2.45, 2.75) is 11.3 Å². The smallest absolute Gasteiger partial charge is 0.180 e. The van der Waals surface area contributed by atoms with Gasteiger partial charge in [-0.3, -0.25) is 0 Å². The van der Waals surface area contributed by atoms with Gasteiger partial charge in [0, 0.05) is 0 Å². The minimum Gasteiger partial charge on any atom is -0.398 e. The summed E-state index contributed by atoms with van der Waals surface area (Å²) in [4.78, 5) is 0.256. The molecule has 0 fully saturated rings. The predicted octanol–water partition coefficient (Wildman–Crippen LogP) is 1.80. The van der Waals surface area contributed by atoms with Crippen LogP contribution in [0.15, 0.2) is 29.2 Å². The Hall–Kier alpha value is -0.680. The van der Waals surface area contributed by atoms with E-state index in [1.54, 1.807) is 36.0 Å². The zero-order valence-corrected chi connectivity index (χ0v) is 10.3. The van der Waals surface area contributed by atoms with Gasteiger partial charge in [-0.2, -0.15) is 11.8 Å². The fourth-order valence-electron chi connectivity index (χ4n) is 1.27. The fraction of sp³-hybridized carbons (Fsp3) is 0.400. The van der Waals surface area contributed by atoms with Crippen LogP contribution in [-0.4, -0.2) is 26.2 Å². The molecule has 5 heteroatoms. The molecule has 0 radical (unpaired) electrons. The number of sulfone groups is 1. The number of anilines is 1. The summed E-state index contributed by atoms with van der Waals surface area (Å²) in [5.41, 5.74) is 5.96. The van der Waals surface area contributed by atoms with Crippen LogP contribution in [0.5, 0.6) is 0 Å². The van der Waals surface area contributed by atoms with Crippen LogP contribution in [0.1, 0.15) is 6.42 Å². The molecule has 3 nitrogen and oxygen atoms in total. The summed E-state index contributed by atoms with van der Waals surface area (Å²) in [6.07, 6.45) is 2.63. The molecule has 0 spiro atoms. The lowest BCUT2D eigenvalue weighted by Gasteiger charge is -2.06. The van der Waals surface area contributed by atoms with Crippen molar-refractivity contribution in [3.05, 3.63) is 24.3 Å². The normalized spacial score (nSPS) is 11.5. The maximum atomic E-state index is 11.8. The second-order valence-corrected chi connectivity index (χ2v) is 6.27. The monoisotopic (exact) mass is 245 g/mol. The van der Waals surface area contributed by atoms with Crippen LogP contribution in [-0.2, 0) is 9.84 Å². The highest BCUT2D eigenvalue weighted by molar-refractivity contribution is 7.98.